The molecule has 0 aliphatic carbocycles. The number of benzene rings is 1. The van der Waals surface area contributed by atoms with Crippen LogP contribution in [0, 0.1) is 10.1 Å². The van der Waals surface area contributed by atoms with Crippen molar-refractivity contribution in [2.75, 3.05) is 6.61 Å². The van der Waals surface area contributed by atoms with Crippen LogP contribution in [-0.2, 0) is 6.54 Å². The lowest BCUT2D eigenvalue weighted by Crippen LogP contribution is -2.31. The van der Waals surface area contributed by atoms with E-state index in [0.717, 1.165) is 6.42 Å². The molecule has 94 valence electrons. The van der Waals surface area contributed by atoms with Crippen LogP contribution >= 0.6 is 11.6 Å². The van der Waals surface area contributed by atoms with Gasteiger partial charge in [-0.25, -0.2) is 0 Å². The van der Waals surface area contributed by atoms with Crippen molar-refractivity contribution in [2.24, 2.45) is 0 Å². The van der Waals surface area contributed by atoms with Gasteiger partial charge in [0, 0.05) is 29.2 Å². The number of hydrogen-bond acceptors (Lipinski definition) is 4. The molecule has 0 aliphatic heterocycles. The van der Waals surface area contributed by atoms with E-state index in [0.29, 0.717) is 17.1 Å². The molecule has 1 rings (SSSR count). The van der Waals surface area contributed by atoms with Crippen molar-refractivity contribution in [1.82, 2.24) is 5.32 Å². The van der Waals surface area contributed by atoms with Crippen LogP contribution in [0.5, 0.6) is 0 Å². The maximum Gasteiger partial charge on any atom is 0.275 e. The first kappa shape index (κ1) is 13.9. The molecular formula is C11H15ClN2O3. The van der Waals surface area contributed by atoms with Crippen LogP contribution in [-0.4, -0.2) is 22.7 Å². The topological polar surface area (TPSA) is 75.4 Å². The third-order valence-corrected chi connectivity index (χ3v) is 2.77. The maximum absolute atomic E-state index is 10.8. The van der Waals surface area contributed by atoms with Crippen LogP contribution in [0.2, 0.25) is 5.02 Å². The Kier molecular flexibility index (Phi) is 5.34. The van der Waals surface area contributed by atoms with Gasteiger partial charge in [-0.05, 0) is 18.6 Å². The van der Waals surface area contributed by atoms with Crippen LogP contribution in [0.4, 0.5) is 5.69 Å². The molecule has 0 bridgehead atoms. The van der Waals surface area contributed by atoms with E-state index in [1.807, 2.05) is 6.92 Å². The summed E-state index contributed by atoms with van der Waals surface area (Å²) in [5.74, 6) is 0. The van der Waals surface area contributed by atoms with Gasteiger partial charge in [-0.15, -0.1) is 0 Å². The second kappa shape index (κ2) is 6.54. The number of hydrogen-bond donors (Lipinski definition) is 2. The molecule has 5 nitrogen and oxygen atoms in total. The Morgan fingerprint density at radius 1 is 1.59 bits per heavy atom. The predicted molar refractivity (Wildman–Crippen MR) is 66.1 cm³/mol. The van der Waals surface area contributed by atoms with Gasteiger partial charge >= 0.3 is 0 Å². The minimum atomic E-state index is -0.456. The molecule has 0 amide bonds. The highest BCUT2D eigenvalue weighted by molar-refractivity contribution is 6.30. The van der Waals surface area contributed by atoms with E-state index >= 15 is 0 Å². The lowest BCUT2D eigenvalue weighted by atomic mass is 10.1. The van der Waals surface area contributed by atoms with E-state index < -0.39 is 4.92 Å². The number of nitro groups is 1. The van der Waals surface area contributed by atoms with Crippen molar-refractivity contribution in [3.8, 4) is 0 Å². The van der Waals surface area contributed by atoms with Gasteiger partial charge in [0.2, 0.25) is 0 Å². The van der Waals surface area contributed by atoms with Crippen molar-refractivity contribution in [2.45, 2.75) is 25.9 Å². The molecule has 17 heavy (non-hydrogen) atoms. The minimum Gasteiger partial charge on any atom is -0.395 e. The monoisotopic (exact) mass is 258 g/mol. The minimum absolute atomic E-state index is 0.00204. The molecule has 0 fully saturated rings. The number of aliphatic hydroxyl groups is 1. The first-order chi connectivity index (χ1) is 8.08. The third-order valence-electron chi connectivity index (χ3n) is 2.54. The molecule has 1 unspecified atom stereocenters. The van der Waals surface area contributed by atoms with E-state index in [1.165, 1.54) is 6.07 Å². The van der Waals surface area contributed by atoms with Gasteiger partial charge in [0.25, 0.3) is 5.69 Å². The van der Waals surface area contributed by atoms with Crippen molar-refractivity contribution in [3.63, 3.8) is 0 Å². The SMILES string of the molecule is CCC(CO)NCc1ccc(Cl)cc1[N+](=O)[O-]. The number of nitrogens with zero attached hydrogens (tertiary/aromatic N) is 1. The zero-order valence-electron chi connectivity index (χ0n) is 9.52. The normalized spacial score (nSPS) is 12.4. The fourth-order valence-electron chi connectivity index (χ4n) is 1.45. The van der Waals surface area contributed by atoms with Gasteiger partial charge < -0.3 is 10.4 Å². The average Bonchev–Trinajstić information content (AvgIpc) is 2.31. The molecule has 0 saturated heterocycles. The number of nitrogens with one attached hydrogen (secondary N) is 1. The van der Waals surface area contributed by atoms with Gasteiger partial charge in [-0.1, -0.05) is 18.5 Å². The zero-order valence-corrected chi connectivity index (χ0v) is 10.3. The lowest BCUT2D eigenvalue weighted by molar-refractivity contribution is -0.385. The van der Waals surface area contributed by atoms with E-state index in [4.69, 9.17) is 16.7 Å². The summed E-state index contributed by atoms with van der Waals surface area (Å²) in [6.07, 6.45) is 0.762. The van der Waals surface area contributed by atoms with Gasteiger partial charge in [0.05, 0.1) is 11.5 Å². The molecule has 0 spiro atoms. The number of rotatable bonds is 6. The van der Waals surface area contributed by atoms with Gasteiger partial charge in [-0.2, -0.15) is 0 Å². The Morgan fingerprint density at radius 3 is 2.82 bits per heavy atom. The smallest absolute Gasteiger partial charge is 0.275 e. The Bertz CT molecular complexity index is 394. The van der Waals surface area contributed by atoms with Crippen molar-refractivity contribution >= 4 is 17.3 Å². The second-order valence-corrected chi connectivity index (χ2v) is 4.14. The molecule has 6 heteroatoms. The zero-order chi connectivity index (χ0) is 12.8. The van der Waals surface area contributed by atoms with E-state index in [-0.39, 0.29) is 18.3 Å². The first-order valence-corrected chi connectivity index (χ1v) is 5.73. The van der Waals surface area contributed by atoms with Crippen molar-refractivity contribution < 1.29 is 10.0 Å². The summed E-state index contributed by atoms with van der Waals surface area (Å²) in [6, 6.07) is 4.52. The summed E-state index contributed by atoms with van der Waals surface area (Å²) >= 11 is 5.71. The summed E-state index contributed by atoms with van der Waals surface area (Å²) in [5, 5.41) is 23.2. The number of nitro benzene ring substituents is 1. The molecule has 1 aromatic rings. The molecule has 1 atom stereocenters. The van der Waals surface area contributed by atoms with E-state index in [1.54, 1.807) is 12.1 Å². The predicted octanol–water partition coefficient (Wildman–Crippen LogP) is 2.11. The van der Waals surface area contributed by atoms with Gasteiger partial charge in [0.15, 0.2) is 0 Å². The molecule has 0 heterocycles. The Labute approximate surface area is 105 Å². The van der Waals surface area contributed by atoms with Crippen LogP contribution in [0.1, 0.15) is 18.9 Å². The molecule has 0 saturated carbocycles. The van der Waals surface area contributed by atoms with Crippen LogP contribution in [0.3, 0.4) is 0 Å². The molecule has 2 N–H and O–H groups in total. The van der Waals surface area contributed by atoms with Gasteiger partial charge in [0.1, 0.15) is 0 Å². The molecular weight excluding hydrogens is 244 g/mol. The Morgan fingerprint density at radius 2 is 2.29 bits per heavy atom. The maximum atomic E-state index is 10.8. The highest BCUT2D eigenvalue weighted by Crippen LogP contribution is 2.23. The van der Waals surface area contributed by atoms with Crippen molar-refractivity contribution in [1.29, 1.82) is 0 Å². The standard InChI is InChI=1S/C11H15ClN2O3/c1-2-10(7-15)13-6-8-3-4-9(12)5-11(8)14(16)17/h3-5,10,13,15H,2,6-7H2,1H3. The van der Waals surface area contributed by atoms with E-state index in [2.05, 4.69) is 5.32 Å². The highest BCUT2D eigenvalue weighted by Gasteiger charge is 2.14. The lowest BCUT2D eigenvalue weighted by Gasteiger charge is -2.13. The number of halogens is 1. The third kappa shape index (κ3) is 3.96. The Balaban J connectivity index is 2.80. The summed E-state index contributed by atoms with van der Waals surface area (Å²) < 4.78 is 0. The molecule has 0 radical (unpaired) electrons. The molecule has 0 aliphatic rings. The summed E-state index contributed by atoms with van der Waals surface area (Å²) in [7, 11) is 0. The molecule has 0 aromatic heterocycles. The largest absolute Gasteiger partial charge is 0.395 e. The summed E-state index contributed by atoms with van der Waals surface area (Å²) in [4.78, 5) is 10.4. The molecule has 1 aromatic carbocycles. The number of aliphatic hydroxyl groups excluding tert-OH is 1. The van der Waals surface area contributed by atoms with Crippen LogP contribution in [0.15, 0.2) is 18.2 Å². The van der Waals surface area contributed by atoms with E-state index in [9.17, 15) is 10.1 Å². The second-order valence-electron chi connectivity index (χ2n) is 3.70. The van der Waals surface area contributed by atoms with Crippen LogP contribution in [0.25, 0.3) is 0 Å². The van der Waals surface area contributed by atoms with Crippen molar-refractivity contribution in [3.05, 3.63) is 38.9 Å². The average molecular weight is 259 g/mol. The van der Waals surface area contributed by atoms with Gasteiger partial charge in [-0.3, -0.25) is 10.1 Å². The fraction of sp³-hybridized carbons (Fsp3) is 0.455. The summed E-state index contributed by atoms with van der Waals surface area (Å²) in [5.41, 5.74) is 0.559. The van der Waals surface area contributed by atoms with Crippen LogP contribution < -0.4 is 5.32 Å². The first-order valence-electron chi connectivity index (χ1n) is 5.35. The Hall–Kier alpha value is -1.17. The highest BCUT2D eigenvalue weighted by atomic mass is 35.5. The fourth-order valence-corrected chi connectivity index (χ4v) is 1.62. The quantitative estimate of drug-likeness (QED) is 0.605. The summed E-state index contributed by atoms with van der Waals surface area (Å²) in [6.45, 7) is 2.29.